The standard InChI is InChI=1S/C13H15NO8/c1-12(14)13(20,6-3-2-4-7(15)5-6)22-11(19)9(17)8(16)10(18)21-12/h2-5,8-9,15-17,20H,14H2,1H3. The van der Waals surface area contributed by atoms with Crippen LogP contribution in [-0.4, -0.2) is 50.3 Å². The molecular formula is C13H15NO8. The number of hydrogen-bond acceptors (Lipinski definition) is 9. The number of phenolic OH excluding ortho intramolecular Hbond substituents is 1. The first kappa shape index (κ1) is 16.2. The Morgan fingerprint density at radius 3 is 2.23 bits per heavy atom. The SMILES string of the molecule is CC1(N)OC(=O)C(O)C(O)C(=O)OC1(O)c1cccc(O)c1. The molecule has 0 aromatic heterocycles. The number of aliphatic hydroxyl groups is 3. The molecule has 1 heterocycles. The van der Waals surface area contributed by atoms with E-state index in [0.29, 0.717) is 0 Å². The lowest BCUT2D eigenvalue weighted by Crippen LogP contribution is -2.65. The molecule has 6 N–H and O–H groups in total. The van der Waals surface area contributed by atoms with Crippen LogP contribution < -0.4 is 5.73 Å². The van der Waals surface area contributed by atoms with Crippen molar-refractivity contribution >= 4 is 11.9 Å². The van der Waals surface area contributed by atoms with Crippen molar-refractivity contribution in [1.29, 1.82) is 0 Å². The van der Waals surface area contributed by atoms with Crippen LogP contribution in [0.5, 0.6) is 5.75 Å². The second kappa shape index (κ2) is 5.21. The summed E-state index contributed by atoms with van der Waals surface area (Å²) >= 11 is 0. The van der Waals surface area contributed by atoms with Crippen molar-refractivity contribution in [3.63, 3.8) is 0 Å². The average molecular weight is 313 g/mol. The summed E-state index contributed by atoms with van der Waals surface area (Å²) in [6, 6.07) is 4.92. The predicted molar refractivity (Wildman–Crippen MR) is 68.8 cm³/mol. The minimum absolute atomic E-state index is 0.192. The van der Waals surface area contributed by atoms with Crippen LogP contribution in [0.2, 0.25) is 0 Å². The molecule has 0 amide bonds. The number of carbonyl (C=O) groups excluding carboxylic acids is 2. The summed E-state index contributed by atoms with van der Waals surface area (Å²) in [5.41, 5.74) is 3.23. The van der Waals surface area contributed by atoms with Gasteiger partial charge in [0.05, 0.1) is 0 Å². The van der Waals surface area contributed by atoms with Crippen molar-refractivity contribution in [3.05, 3.63) is 29.8 Å². The number of cyclic esters (lactones) is 2. The van der Waals surface area contributed by atoms with Crippen molar-refractivity contribution in [2.24, 2.45) is 5.73 Å². The number of nitrogens with two attached hydrogens (primary N) is 1. The maximum absolute atomic E-state index is 11.8. The summed E-state index contributed by atoms with van der Waals surface area (Å²) in [7, 11) is 0. The Balaban J connectivity index is 2.56. The lowest BCUT2D eigenvalue weighted by Gasteiger charge is -2.42. The third-order valence-electron chi connectivity index (χ3n) is 3.25. The lowest BCUT2D eigenvalue weighted by atomic mass is 9.94. The number of ether oxygens (including phenoxy) is 2. The molecule has 1 aliphatic heterocycles. The minimum atomic E-state index is -2.69. The van der Waals surface area contributed by atoms with Crippen molar-refractivity contribution in [2.45, 2.75) is 30.6 Å². The van der Waals surface area contributed by atoms with Crippen LogP contribution in [0, 0.1) is 0 Å². The zero-order valence-electron chi connectivity index (χ0n) is 11.5. The molecular weight excluding hydrogens is 298 g/mol. The molecule has 1 aromatic carbocycles. The molecule has 0 bridgehead atoms. The number of aromatic hydroxyl groups is 1. The van der Waals surface area contributed by atoms with Crippen LogP contribution >= 0.6 is 0 Å². The Labute approximate surface area is 124 Å². The lowest BCUT2D eigenvalue weighted by molar-refractivity contribution is -0.308. The first-order valence-corrected chi connectivity index (χ1v) is 6.21. The van der Waals surface area contributed by atoms with Gasteiger partial charge in [0.2, 0.25) is 5.72 Å². The fourth-order valence-corrected chi connectivity index (χ4v) is 1.97. The van der Waals surface area contributed by atoms with Gasteiger partial charge in [0, 0.05) is 5.56 Å². The zero-order valence-corrected chi connectivity index (χ0v) is 11.5. The molecule has 1 aromatic rings. The number of hydrogen-bond donors (Lipinski definition) is 5. The van der Waals surface area contributed by atoms with Crippen LogP contribution in [0.15, 0.2) is 24.3 Å². The number of esters is 2. The van der Waals surface area contributed by atoms with E-state index in [1.165, 1.54) is 18.2 Å². The molecule has 0 saturated carbocycles. The van der Waals surface area contributed by atoms with E-state index >= 15 is 0 Å². The zero-order chi connectivity index (χ0) is 16.7. The van der Waals surface area contributed by atoms with E-state index in [2.05, 4.69) is 0 Å². The normalized spacial score (nSPS) is 36.0. The molecule has 22 heavy (non-hydrogen) atoms. The number of rotatable bonds is 1. The highest BCUT2D eigenvalue weighted by molar-refractivity contribution is 5.86. The van der Waals surface area contributed by atoms with E-state index in [1.807, 2.05) is 0 Å². The second-order valence-electron chi connectivity index (χ2n) is 5.03. The largest absolute Gasteiger partial charge is 0.508 e. The van der Waals surface area contributed by atoms with Gasteiger partial charge in [-0.15, -0.1) is 0 Å². The third kappa shape index (κ3) is 2.50. The Morgan fingerprint density at radius 1 is 1.14 bits per heavy atom. The monoisotopic (exact) mass is 313 g/mol. The molecule has 4 atom stereocenters. The number of phenols is 1. The quantitative estimate of drug-likeness (QED) is 0.371. The van der Waals surface area contributed by atoms with Crippen molar-refractivity contribution in [2.75, 3.05) is 0 Å². The Morgan fingerprint density at radius 2 is 1.68 bits per heavy atom. The Bertz CT molecular complexity index is 616. The third-order valence-corrected chi connectivity index (χ3v) is 3.25. The molecule has 120 valence electrons. The summed E-state index contributed by atoms with van der Waals surface area (Å²) in [4.78, 5) is 23.4. The number of aliphatic hydroxyl groups excluding tert-OH is 2. The molecule has 2 rings (SSSR count). The highest BCUT2D eigenvalue weighted by Crippen LogP contribution is 2.37. The first-order chi connectivity index (χ1) is 10.1. The molecule has 1 aliphatic rings. The van der Waals surface area contributed by atoms with Crippen LogP contribution in [-0.2, 0) is 24.8 Å². The van der Waals surface area contributed by atoms with Crippen LogP contribution in [0.25, 0.3) is 0 Å². The minimum Gasteiger partial charge on any atom is -0.508 e. The highest BCUT2D eigenvalue weighted by atomic mass is 16.7. The van der Waals surface area contributed by atoms with Gasteiger partial charge in [0.15, 0.2) is 12.2 Å². The molecule has 1 saturated heterocycles. The van der Waals surface area contributed by atoms with Crippen molar-refractivity contribution in [3.8, 4) is 5.75 Å². The summed E-state index contributed by atoms with van der Waals surface area (Å²) < 4.78 is 9.50. The van der Waals surface area contributed by atoms with Crippen LogP contribution in [0.4, 0.5) is 0 Å². The van der Waals surface area contributed by atoms with Gasteiger partial charge in [-0.3, -0.25) is 5.73 Å². The van der Waals surface area contributed by atoms with Gasteiger partial charge in [-0.25, -0.2) is 9.59 Å². The van der Waals surface area contributed by atoms with Gasteiger partial charge >= 0.3 is 11.9 Å². The smallest absolute Gasteiger partial charge is 0.341 e. The van der Waals surface area contributed by atoms with E-state index in [4.69, 9.17) is 15.2 Å². The van der Waals surface area contributed by atoms with Gasteiger partial charge in [0.1, 0.15) is 5.75 Å². The highest BCUT2D eigenvalue weighted by Gasteiger charge is 2.57. The van der Waals surface area contributed by atoms with Crippen LogP contribution in [0.1, 0.15) is 12.5 Å². The van der Waals surface area contributed by atoms with E-state index in [1.54, 1.807) is 0 Å². The fourth-order valence-electron chi connectivity index (χ4n) is 1.97. The van der Waals surface area contributed by atoms with E-state index < -0.39 is 35.7 Å². The van der Waals surface area contributed by atoms with Crippen LogP contribution in [0.3, 0.4) is 0 Å². The van der Waals surface area contributed by atoms with Gasteiger partial charge in [-0.05, 0) is 19.1 Å². The molecule has 0 aliphatic carbocycles. The molecule has 0 spiro atoms. The first-order valence-electron chi connectivity index (χ1n) is 6.21. The Kier molecular flexibility index (Phi) is 3.83. The van der Waals surface area contributed by atoms with Gasteiger partial charge in [0.25, 0.3) is 5.79 Å². The predicted octanol–water partition coefficient (Wildman–Crippen LogP) is -1.97. The maximum Gasteiger partial charge on any atom is 0.341 e. The van der Waals surface area contributed by atoms with E-state index in [-0.39, 0.29) is 11.3 Å². The summed E-state index contributed by atoms with van der Waals surface area (Å²) in [5.74, 6) is -5.86. The Hall–Kier alpha value is -2.20. The molecule has 9 heteroatoms. The number of carbonyl (C=O) groups is 2. The van der Waals surface area contributed by atoms with E-state index in [9.17, 15) is 30.0 Å². The molecule has 1 fully saturated rings. The van der Waals surface area contributed by atoms with Gasteiger partial charge in [-0.2, -0.15) is 0 Å². The molecule has 4 unspecified atom stereocenters. The summed E-state index contributed by atoms with van der Waals surface area (Å²) in [6.07, 6.45) is -4.46. The van der Waals surface area contributed by atoms with Gasteiger partial charge < -0.3 is 29.9 Å². The van der Waals surface area contributed by atoms with E-state index in [0.717, 1.165) is 13.0 Å². The second-order valence-corrected chi connectivity index (χ2v) is 5.03. The van der Waals surface area contributed by atoms with Gasteiger partial charge in [-0.1, -0.05) is 12.1 Å². The fraction of sp³-hybridized carbons (Fsp3) is 0.385. The van der Waals surface area contributed by atoms with Crippen molar-refractivity contribution < 1.29 is 39.5 Å². The average Bonchev–Trinajstić information content (AvgIpc) is 2.43. The summed E-state index contributed by atoms with van der Waals surface area (Å²) in [5, 5.41) is 39.1. The number of benzene rings is 1. The molecule has 9 nitrogen and oxygen atoms in total. The van der Waals surface area contributed by atoms with Crippen molar-refractivity contribution in [1.82, 2.24) is 0 Å². The molecule has 0 radical (unpaired) electrons. The maximum atomic E-state index is 11.8. The topological polar surface area (TPSA) is 160 Å². The summed E-state index contributed by atoms with van der Waals surface area (Å²) in [6.45, 7) is 1.03.